The zero-order chi connectivity index (χ0) is 13.2. The number of hydrogen-bond acceptors (Lipinski definition) is 5. The Labute approximate surface area is 114 Å². The molecule has 0 saturated carbocycles. The predicted molar refractivity (Wildman–Crippen MR) is 76.0 cm³/mol. The van der Waals surface area contributed by atoms with Crippen molar-refractivity contribution in [2.45, 2.75) is 0 Å². The molecule has 3 aromatic heterocycles. The van der Waals surface area contributed by atoms with Crippen LogP contribution in [0.25, 0.3) is 11.0 Å². The molecule has 3 N–H and O–H groups in total. The first-order valence-electron chi connectivity index (χ1n) is 5.67. The van der Waals surface area contributed by atoms with E-state index < -0.39 is 0 Å². The molecule has 3 aromatic rings. The van der Waals surface area contributed by atoms with Crippen LogP contribution in [0.1, 0.15) is 0 Å². The van der Waals surface area contributed by atoms with Gasteiger partial charge in [-0.25, -0.2) is 4.98 Å². The Bertz CT molecular complexity index is 723. The Balaban J connectivity index is 1.95. The molecule has 0 aromatic carbocycles. The molecule has 0 fully saturated rings. The van der Waals surface area contributed by atoms with Gasteiger partial charge in [0.15, 0.2) is 5.82 Å². The minimum absolute atomic E-state index is 0.542. The van der Waals surface area contributed by atoms with E-state index in [2.05, 4.69) is 30.8 Å². The lowest BCUT2D eigenvalue weighted by atomic mass is 10.3. The van der Waals surface area contributed by atoms with E-state index in [1.54, 1.807) is 25.5 Å². The maximum absolute atomic E-state index is 6.08. The van der Waals surface area contributed by atoms with Gasteiger partial charge in [-0.1, -0.05) is 11.6 Å². The van der Waals surface area contributed by atoms with Gasteiger partial charge in [0.05, 0.1) is 22.4 Å². The van der Waals surface area contributed by atoms with Gasteiger partial charge in [0.2, 0.25) is 0 Å². The van der Waals surface area contributed by atoms with Crippen molar-refractivity contribution in [3.8, 4) is 0 Å². The Hall–Kier alpha value is -2.34. The van der Waals surface area contributed by atoms with Crippen molar-refractivity contribution in [2.24, 2.45) is 0 Å². The lowest BCUT2D eigenvalue weighted by molar-refractivity contribution is 1.12. The summed E-state index contributed by atoms with van der Waals surface area (Å²) in [5.74, 6) is 1.28. The maximum Gasteiger partial charge on any atom is 0.178 e. The van der Waals surface area contributed by atoms with Crippen molar-refractivity contribution >= 4 is 40.0 Å². The second kappa shape index (κ2) is 4.74. The fourth-order valence-corrected chi connectivity index (χ4v) is 2.03. The standard InChI is InChI=1S/C12H11ClN6/c1-14-11-8(13)5-7(6-16-11)17-12-10-9(18-19-12)3-2-4-15-10/h2-6H,1H3,(H,14,16)(H2,17,18,19). The average molecular weight is 275 g/mol. The van der Waals surface area contributed by atoms with E-state index in [1.165, 1.54) is 0 Å². The van der Waals surface area contributed by atoms with Gasteiger partial charge in [-0.3, -0.25) is 10.1 Å². The van der Waals surface area contributed by atoms with E-state index in [0.717, 1.165) is 16.7 Å². The first kappa shape index (κ1) is 11.7. The second-order valence-corrected chi connectivity index (χ2v) is 4.31. The van der Waals surface area contributed by atoms with Gasteiger partial charge in [-0.15, -0.1) is 0 Å². The SMILES string of the molecule is CNc1ncc(Nc2n[nH]c3cccnc23)cc1Cl. The summed E-state index contributed by atoms with van der Waals surface area (Å²) in [5.41, 5.74) is 2.40. The number of anilines is 3. The van der Waals surface area contributed by atoms with Crippen LogP contribution in [0.2, 0.25) is 5.02 Å². The van der Waals surface area contributed by atoms with Gasteiger partial charge in [0.25, 0.3) is 0 Å². The molecule has 0 aliphatic heterocycles. The van der Waals surface area contributed by atoms with E-state index in [-0.39, 0.29) is 0 Å². The summed E-state index contributed by atoms with van der Waals surface area (Å²) >= 11 is 6.08. The Morgan fingerprint density at radius 1 is 1.26 bits per heavy atom. The number of fused-ring (bicyclic) bond motifs is 1. The van der Waals surface area contributed by atoms with Gasteiger partial charge < -0.3 is 10.6 Å². The van der Waals surface area contributed by atoms with Crippen molar-refractivity contribution in [3.63, 3.8) is 0 Å². The topological polar surface area (TPSA) is 78.5 Å². The molecule has 0 atom stereocenters. The highest BCUT2D eigenvalue weighted by molar-refractivity contribution is 6.33. The smallest absolute Gasteiger partial charge is 0.178 e. The Morgan fingerprint density at radius 2 is 2.16 bits per heavy atom. The van der Waals surface area contributed by atoms with Crippen LogP contribution in [0, 0.1) is 0 Å². The number of hydrogen-bond donors (Lipinski definition) is 3. The number of pyridine rings is 2. The second-order valence-electron chi connectivity index (χ2n) is 3.90. The van der Waals surface area contributed by atoms with Gasteiger partial charge in [0.1, 0.15) is 11.3 Å². The lowest BCUT2D eigenvalue weighted by Crippen LogP contribution is -1.97. The third-order valence-electron chi connectivity index (χ3n) is 2.66. The molecule has 3 heterocycles. The number of aromatic amines is 1. The summed E-state index contributed by atoms with van der Waals surface area (Å²) in [6.45, 7) is 0. The van der Waals surface area contributed by atoms with Gasteiger partial charge in [-0.05, 0) is 18.2 Å². The number of nitrogens with zero attached hydrogens (tertiary/aromatic N) is 3. The molecule has 0 radical (unpaired) electrons. The molecule has 0 saturated heterocycles. The number of halogens is 1. The summed E-state index contributed by atoms with van der Waals surface area (Å²) < 4.78 is 0. The van der Waals surface area contributed by atoms with E-state index >= 15 is 0 Å². The Morgan fingerprint density at radius 3 is 2.95 bits per heavy atom. The Kier molecular flexibility index (Phi) is 2.92. The van der Waals surface area contributed by atoms with Crippen molar-refractivity contribution in [1.29, 1.82) is 0 Å². The van der Waals surface area contributed by atoms with Crippen LogP contribution >= 0.6 is 11.6 Å². The van der Waals surface area contributed by atoms with Gasteiger partial charge >= 0.3 is 0 Å². The molecule has 6 nitrogen and oxygen atoms in total. The predicted octanol–water partition coefficient (Wildman–Crippen LogP) is 2.79. The van der Waals surface area contributed by atoms with Crippen LogP contribution in [0.5, 0.6) is 0 Å². The number of rotatable bonds is 3. The zero-order valence-electron chi connectivity index (χ0n) is 10.1. The molecule has 0 unspecified atom stereocenters. The van der Waals surface area contributed by atoms with Crippen molar-refractivity contribution in [3.05, 3.63) is 35.6 Å². The molecule has 96 valence electrons. The molecule has 7 heteroatoms. The van der Waals surface area contributed by atoms with Crippen LogP contribution in [0.3, 0.4) is 0 Å². The van der Waals surface area contributed by atoms with E-state index in [9.17, 15) is 0 Å². The van der Waals surface area contributed by atoms with Crippen molar-refractivity contribution in [2.75, 3.05) is 17.7 Å². The highest BCUT2D eigenvalue weighted by Crippen LogP contribution is 2.26. The fraction of sp³-hybridized carbons (Fsp3) is 0.0833. The number of nitrogens with one attached hydrogen (secondary N) is 3. The largest absolute Gasteiger partial charge is 0.372 e. The van der Waals surface area contributed by atoms with Crippen LogP contribution < -0.4 is 10.6 Å². The van der Waals surface area contributed by atoms with Crippen LogP contribution in [0.15, 0.2) is 30.6 Å². The maximum atomic E-state index is 6.08. The van der Waals surface area contributed by atoms with E-state index in [4.69, 9.17) is 11.6 Å². The van der Waals surface area contributed by atoms with Crippen LogP contribution in [0.4, 0.5) is 17.3 Å². The van der Waals surface area contributed by atoms with Gasteiger partial charge in [-0.2, -0.15) is 5.10 Å². The first-order valence-corrected chi connectivity index (χ1v) is 6.05. The first-order chi connectivity index (χ1) is 9.28. The summed E-state index contributed by atoms with van der Waals surface area (Å²) in [7, 11) is 1.77. The molecule has 0 amide bonds. The molecule has 0 aliphatic carbocycles. The molecule has 3 rings (SSSR count). The average Bonchev–Trinajstić information content (AvgIpc) is 2.83. The number of aromatic nitrogens is 4. The van der Waals surface area contributed by atoms with E-state index in [1.807, 2.05) is 12.1 Å². The molecular weight excluding hydrogens is 264 g/mol. The third kappa shape index (κ3) is 2.17. The number of H-pyrrole nitrogens is 1. The minimum Gasteiger partial charge on any atom is -0.372 e. The molecular formula is C12H11ClN6. The summed E-state index contributed by atoms with van der Waals surface area (Å²) in [5, 5.41) is 13.7. The van der Waals surface area contributed by atoms with Gasteiger partial charge in [0, 0.05) is 13.2 Å². The molecule has 0 aliphatic rings. The van der Waals surface area contributed by atoms with Crippen molar-refractivity contribution < 1.29 is 0 Å². The fourth-order valence-electron chi connectivity index (χ4n) is 1.77. The minimum atomic E-state index is 0.542. The zero-order valence-corrected chi connectivity index (χ0v) is 10.9. The van der Waals surface area contributed by atoms with Crippen molar-refractivity contribution in [1.82, 2.24) is 20.2 Å². The lowest BCUT2D eigenvalue weighted by Gasteiger charge is -2.06. The highest BCUT2D eigenvalue weighted by atomic mass is 35.5. The molecule has 0 spiro atoms. The monoisotopic (exact) mass is 274 g/mol. The normalized spacial score (nSPS) is 10.6. The summed E-state index contributed by atoms with van der Waals surface area (Å²) in [6.07, 6.45) is 3.40. The highest BCUT2D eigenvalue weighted by Gasteiger charge is 2.08. The van der Waals surface area contributed by atoms with Crippen LogP contribution in [-0.2, 0) is 0 Å². The van der Waals surface area contributed by atoms with Crippen LogP contribution in [-0.4, -0.2) is 27.2 Å². The summed E-state index contributed by atoms with van der Waals surface area (Å²) in [4.78, 5) is 8.46. The summed E-state index contributed by atoms with van der Waals surface area (Å²) in [6, 6.07) is 5.55. The molecule has 0 bridgehead atoms. The van der Waals surface area contributed by atoms with E-state index in [0.29, 0.717) is 16.7 Å². The third-order valence-corrected chi connectivity index (χ3v) is 2.95. The molecule has 19 heavy (non-hydrogen) atoms. The quantitative estimate of drug-likeness (QED) is 0.684.